The number of hydrogen-bond donors (Lipinski definition) is 2. The van der Waals surface area contributed by atoms with E-state index < -0.39 is 0 Å². The lowest BCUT2D eigenvalue weighted by Gasteiger charge is -2.27. The number of ether oxygens (including phenoxy) is 1. The van der Waals surface area contributed by atoms with E-state index >= 15 is 0 Å². The van der Waals surface area contributed by atoms with E-state index in [2.05, 4.69) is 15.5 Å². The van der Waals surface area contributed by atoms with E-state index in [9.17, 15) is 4.79 Å². The molecule has 1 amide bonds. The molecule has 0 aromatic heterocycles. The minimum absolute atomic E-state index is 0. The van der Waals surface area contributed by atoms with Gasteiger partial charge < -0.3 is 15.4 Å². The van der Waals surface area contributed by atoms with E-state index in [1.54, 1.807) is 0 Å². The SMILES string of the molecule is CCCOCC(=O)NCCN1CCNCC1.Cl. The van der Waals surface area contributed by atoms with Crippen LogP contribution in [0.5, 0.6) is 0 Å². The Balaban J connectivity index is 0.00000256. The zero-order valence-corrected chi connectivity index (χ0v) is 11.4. The number of amides is 1. The molecule has 1 fully saturated rings. The third-order valence-electron chi connectivity index (χ3n) is 2.54. The summed E-state index contributed by atoms with van der Waals surface area (Å²) in [6.07, 6.45) is 0.952. The molecule has 0 unspecified atom stereocenters. The van der Waals surface area contributed by atoms with Gasteiger partial charge in [0.25, 0.3) is 0 Å². The van der Waals surface area contributed by atoms with Crippen LogP contribution >= 0.6 is 12.4 Å². The fraction of sp³-hybridized carbons (Fsp3) is 0.909. The molecule has 0 saturated carbocycles. The maximum Gasteiger partial charge on any atom is 0.246 e. The minimum Gasteiger partial charge on any atom is -0.372 e. The highest BCUT2D eigenvalue weighted by Gasteiger charge is 2.09. The Morgan fingerprint density at radius 1 is 1.41 bits per heavy atom. The lowest BCUT2D eigenvalue weighted by molar-refractivity contribution is -0.125. The van der Waals surface area contributed by atoms with Crippen molar-refractivity contribution in [2.24, 2.45) is 0 Å². The van der Waals surface area contributed by atoms with Gasteiger partial charge in [0.2, 0.25) is 5.91 Å². The van der Waals surface area contributed by atoms with Gasteiger partial charge in [0.15, 0.2) is 0 Å². The van der Waals surface area contributed by atoms with Crippen molar-refractivity contribution in [1.82, 2.24) is 15.5 Å². The van der Waals surface area contributed by atoms with Crippen LogP contribution in [0.4, 0.5) is 0 Å². The molecule has 0 aliphatic carbocycles. The lowest BCUT2D eigenvalue weighted by atomic mass is 10.3. The summed E-state index contributed by atoms with van der Waals surface area (Å²) < 4.78 is 5.15. The number of carbonyl (C=O) groups is 1. The van der Waals surface area contributed by atoms with Gasteiger partial charge in [0, 0.05) is 45.9 Å². The number of halogens is 1. The molecule has 1 aliphatic heterocycles. The molecule has 1 heterocycles. The van der Waals surface area contributed by atoms with Crippen molar-refractivity contribution >= 4 is 18.3 Å². The molecular formula is C11H24ClN3O2. The summed E-state index contributed by atoms with van der Waals surface area (Å²) in [5.41, 5.74) is 0. The Morgan fingerprint density at radius 2 is 2.12 bits per heavy atom. The fourth-order valence-electron chi connectivity index (χ4n) is 1.65. The topological polar surface area (TPSA) is 53.6 Å². The maximum absolute atomic E-state index is 11.3. The van der Waals surface area contributed by atoms with Gasteiger partial charge in [0.1, 0.15) is 6.61 Å². The molecule has 0 spiro atoms. The Labute approximate surface area is 110 Å². The minimum atomic E-state index is -0.0106. The molecule has 0 radical (unpaired) electrons. The van der Waals surface area contributed by atoms with E-state index in [0.717, 1.165) is 39.1 Å². The zero-order chi connectivity index (χ0) is 11.6. The number of nitrogens with zero attached hydrogens (tertiary/aromatic N) is 1. The Hall–Kier alpha value is -0.360. The summed E-state index contributed by atoms with van der Waals surface area (Å²) in [5.74, 6) is -0.0106. The van der Waals surface area contributed by atoms with Gasteiger partial charge in [-0.2, -0.15) is 0 Å². The molecule has 1 aliphatic rings. The molecule has 0 bridgehead atoms. The van der Waals surface area contributed by atoms with Crippen LogP contribution in [0.25, 0.3) is 0 Å². The van der Waals surface area contributed by atoms with Crippen molar-refractivity contribution in [1.29, 1.82) is 0 Å². The molecule has 0 aromatic rings. The van der Waals surface area contributed by atoms with Crippen LogP contribution in [0.2, 0.25) is 0 Å². The molecule has 0 aromatic carbocycles. The second-order valence-corrected chi connectivity index (χ2v) is 3.99. The van der Waals surface area contributed by atoms with Crippen LogP contribution in [0.15, 0.2) is 0 Å². The second kappa shape index (κ2) is 10.8. The normalized spacial score (nSPS) is 16.3. The molecule has 1 rings (SSSR count). The van der Waals surface area contributed by atoms with Gasteiger partial charge in [-0.3, -0.25) is 9.69 Å². The molecule has 6 heteroatoms. The first-order chi connectivity index (χ1) is 7.83. The standard InChI is InChI=1S/C11H23N3O2.ClH/c1-2-9-16-10-11(15)13-5-8-14-6-3-12-4-7-14;/h12H,2-10H2,1H3,(H,13,15);1H. The van der Waals surface area contributed by atoms with Gasteiger partial charge in [-0.25, -0.2) is 0 Å². The van der Waals surface area contributed by atoms with Gasteiger partial charge in [0.05, 0.1) is 0 Å². The molecule has 17 heavy (non-hydrogen) atoms. The summed E-state index contributed by atoms with van der Waals surface area (Å²) in [7, 11) is 0. The summed E-state index contributed by atoms with van der Waals surface area (Å²) in [5, 5.41) is 6.16. The van der Waals surface area contributed by atoms with Crippen molar-refractivity contribution in [2.45, 2.75) is 13.3 Å². The fourth-order valence-corrected chi connectivity index (χ4v) is 1.65. The zero-order valence-electron chi connectivity index (χ0n) is 10.5. The summed E-state index contributed by atoms with van der Waals surface area (Å²) in [6, 6.07) is 0. The van der Waals surface area contributed by atoms with Crippen molar-refractivity contribution in [3.8, 4) is 0 Å². The highest BCUT2D eigenvalue weighted by atomic mass is 35.5. The molecule has 5 nitrogen and oxygen atoms in total. The average molecular weight is 266 g/mol. The van der Waals surface area contributed by atoms with Crippen LogP contribution in [-0.4, -0.2) is 63.3 Å². The predicted molar refractivity (Wildman–Crippen MR) is 70.7 cm³/mol. The third kappa shape index (κ3) is 8.37. The van der Waals surface area contributed by atoms with Crippen LogP contribution in [0.1, 0.15) is 13.3 Å². The molecular weight excluding hydrogens is 242 g/mol. The van der Waals surface area contributed by atoms with Crippen LogP contribution in [-0.2, 0) is 9.53 Å². The van der Waals surface area contributed by atoms with E-state index in [1.807, 2.05) is 6.92 Å². The number of hydrogen-bond acceptors (Lipinski definition) is 4. The number of piperazine rings is 1. The maximum atomic E-state index is 11.3. The number of rotatable bonds is 7. The quantitative estimate of drug-likeness (QED) is 0.629. The van der Waals surface area contributed by atoms with E-state index in [-0.39, 0.29) is 24.9 Å². The van der Waals surface area contributed by atoms with Crippen LogP contribution in [0, 0.1) is 0 Å². The van der Waals surface area contributed by atoms with E-state index in [0.29, 0.717) is 13.2 Å². The summed E-state index contributed by atoms with van der Waals surface area (Å²) in [4.78, 5) is 13.6. The smallest absolute Gasteiger partial charge is 0.246 e. The first-order valence-electron chi connectivity index (χ1n) is 6.10. The van der Waals surface area contributed by atoms with Crippen LogP contribution in [0.3, 0.4) is 0 Å². The summed E-state index contributed by atoms with van der Waals surface area (Å²) in [6.45, 7) is 8.77. The number of nitrogens with one attached hydrogen (secondary N) is 2. The predicted octanol–water partition coefficient (Wildman–Crippen LogP) is -0.144. The first-order valence-corrected chi connectivity index (χ1v) is 6.10. The Kier molecular flexibility index (Phi) is 10.5. The molecule has 1 saturated heterocycles. The summed E-state index contributed by atoms with van der Waals surface area (Å²) >= 11 is 0. The lowest BCUT2D eigenvalue weighted by Crippen LogP contribution is -2.46. The molecule has 102 valence electrons. The van der Waals surface area contributed by atoms with Crippen molar-refractivity contribution in [3.05, 3.63) is 0 Å². The highest BCUT2D eigenvalue weighted by molar-refractivity contribution is 5.85. The highest BCUT2D eigenvalue weighted by Crippen LogP contribution is 1.89. The van der Waals surface area contributed by atoms with Crippen molar-refractivity contribution in [2.75, 3.05) is 52.5 Å². The van der Waals surface area contributed by atoms with Crippen molar-refractivity contribution < 1.29 is 9.53 Å². The monoisotopic (exact) mass is 265 g/mol. The average Bonchev–Trinajstić information content (AvgIpc) is 2.31. The van der Waals surface area contributed by atoms with E-state index in [1.165, 1.54) is 0 Å². The third-order valence-corrected chi connectivity index (χ3v) is 2.54. The van der Waals surface area contributed by atoms with Crippen LogP contribution < -0.4 is 10.6 Å². The Bertz CT molecular complexity index is 199. The van der Waals surface area contributed by atoms with E-state index in [4.69, 9.17) is 4.74 Å². The van der Waals surface area contributed by atoms with Gasteiger partial charge in [-0.1, -0.05) is 6.92 Å². The van der Waals surface area contributed by atoms with Gasteiger partial charge in [-0.15, -0.1) is 12.4 Å². The second-order valence-electron chi connectivity index (χ2n) is 3.99. The van der Waals surface area contributed by atoms with Gasteiger partial charge >= 0.3 is 0 Å². The van der Waals surface area contributed by atoms with Crippen molar-refractivity contribution in [3.63, 3.8) is 0 Å². The number of carbonyl (C=O) groups excluding carboxylic acids is 1. The molecule has 0 atom stereocenters. The Morgan fingerprint density at radius 3 is 2.76 bits per heavy atom. The largest absolute Gasteiger partial charge is 0.372 e. The molecule has 2 N–H and O–H groups in total. The van der Waals surface area contributed by atoms with Gasteiger partial charge in [-0.05, 0) is 6.42 Å². The first kappa shape index (κ1) is 16.6.